The minimum Gasteiger partial charge on any atom is -0.382 e. The van der Waals surface area contributed by atoms with Gasteiger partial charge in [0.2, 0.25) is 0 Å². The number of hydrogen-bond acceptors (Lipinski definition) is 5. The van der Waals surface area contributed by atoms with Crippen molar-refractivity contribution >= 4 is 28.2 Å². The Balaban J connectivity index is 3.00. The lowest BCUT2D eigenvalue weighted by atomic mass is 10.4. The number of carbonyl (C=O) groups excluding carboxylic acids is 1. The Kier molecular flexibility index (Phi) is 5.40. The van der Waals surface area contributed by atoms with Crippen LogP contribution >= 0.6 is 11.3 Å². The van der Waals surface area contributed by atoms with Gasteiger partial charge in [0.15, 0.2) is 5.13 Å². The molecule has 0 unspecified atom stereocenters. The number of hydrogen-bond donors (Lipinski definition) is 1. The molecule has 1 aromatic rings. The fourth-order valence-electron chi connectivity index (χ4n) is 1.76. The third-order valence-corrected chi connectivity index (χ3v) is 4.04. The van der Waals surface area contributed by atoms with E-state index in [4.69, 9.17) is 5.73 Å². The summed E-state index contributed by atoms with van der Waals surface area (Å²) >= 11 is 1.38. The number of thiazole rings is 1. The molecule has 1 heterocycles. The molecule has 0 atom stereocenters. The molecule has 1 amide bonds. The van der Waals surface area contributed by atoms with Crippen LogP contribution in [0.15, 0.2) is 0 Å². The molecule has 0 radical (unpaired) electrons. The Labute approximate surface area is 113 Å². The molecule has 2 N–H and O–H groups in total. The molecule has 102 valence electrons. The van der Waals surface area contributed by atoms with E-state index >= 15 is 0 Å². The Bertz CT molecular complexity index is 397. The molecule has 5 nitrogen and oxygen atoms in total. The SMILES string of the molecule is CCN(CC)C(=O)c1sc(N(CC)CC)nc1N. The summed E-state index contributed by atoms with van der Waals surface area (Å²) in [5.74, 6) is 0.326. The maximum Gasteiger partial charge on any atom is 0.267 e. The Morgan fingerprint density at radius 3 is 2.17 bits per heavy atom. The molecule has 1 rings (SSSR count). The molecular weight excluding hydrogens is 248 g/mol. The smallest absolute Gasteiger partial charge is 0.267 e. The van der Waals surface area contributed by atoms with Crippen LogP contribution < -0.4 is 10.6 Å². The zero-order chi connectivity index (χ0) is 13.7. The maximum atomic E-state index is 12.2. The molecular formula is C12H22N4OS. The topological polar surface area (TPSA) is 62.5 Å². The summed E-state index contributed by atoms with van der Waals surface area (Å²) in [7, 11) is 0. The second-order valence-electron chi connectivity index (χ2n) is 3.86. The Morgan fingerprint density at radius 1 is 1.17 bits per heavy atom. The van der Waals surface area contributed by atoms with Crippen molar-refractivity contribution in [2.24, 2.45) is 0 Å². The summed E-state index contributed by atoms with van der Waals surface area (Å²) in [6.45, 7) is 11.2. The zero-order valence-electron chi connectivity index (χ0n) is 11.6. The molecule has 0 aliphatic carbocycles. The zero-order valence-corrected chi connectivity index (χ0v) is 12.4. The van der Waals surface area contributed by atoms with E-state index in [1.165, 1.54) is 11.3 Å². The third-order valence-electron chi connectivity index (χ3n) is 2.92. The van der Waals surface area contributed by atoms with Gasteiger partial charge in [0.05, 0.1) is 0 Å². The number of nitrogen functional groups attached to an aromatic ring is 1. The molecule has 0 aliphatic heterocycles. The highest BCUT2D eigenvalue weighted by molar-refractivity contribution is 7.18. The Hall–Kier alpha value is -1.30. The van der Waals surface area contributed by atoms with E-state index in [1.807, 2.05) is 13.8 Å². The van der Waals surface area contributed by atoms with Crippen molar-refractivity contribution in [3.63, 3.8) is 0 Å². The van der Waals surface area contributed by atoms with Gasteiger partial charge in [-0.3, -0.25) is 4.79 Å². The number of aromatic nitrogens is 1. The van der Waals surface area contributed by atoms with Crippen LogP contribution in [0.4, 0.5) is 10.9 Å². The van der Waals surface area contributed by atoms with E-state index in [2.05, 4.69) is 23.7 Å². The minimum atomic E-state index is -0.0200. The van der Waals surface area contributed by atoms with Crippen molar-refractivity contribution in [1.82, 2.24) is 9.88 Å². The van der Waals surface area contributed by atoms with Gasteiger partial charge in [-0.1, -0.05) is 11.3 Å². The fraction of sp³-hybridized carbons (Fsp3) is 0.667. The van der Waals surface area contributed by atoms with Gasteiger partial charge in [0.25, 0.3) is 5.91 Å². The first-order chi connectivity index (χ1) is 8.58. The van der Waals surface area contributed by atoms with Crippen LogP contribution in [0.2, 0.25) is 0 Å². The summed E-state index contributed by atoms with van der Waals surface area (Å²) < 4.78 is 0. The highest BCUT2D eigenvalue weighted by Gasteiger charge is 2.21. The van der Waals surface area contributed by atoms with Gasteiger partial charge < -0.3 is 15.5 Å². The second kappa shape index (κ2) is 6.58. The maximum absolute atomic E-state index is 12.2. The van der Waals surface area contributed by atoms with Crippen molar-refractivity contribution in [3.8, 4) is 0 Å². The number of amides is 1. The van der Waals surface area contributed by atoms with Crippen LogP contribution in [0.3, 0.4) is 0 Å². The molecule has 0 aliphatic rings. The van der Waals surface area contributed by atoms with Crippen LogP contribution in [0.25, 0.3) is 0 Å². The number of carbonyl (C=O) groups is 1. The van der Waals surface area contributed by atoms with Gasteiger partial charge in [0.1, 0.15) is 10.7 Å². The summed E-state index contributed by atoms with van der Waals surface area (Å²) in [5, 5.41) is 0.827. The largest absolute Gasteiger partial charge is 0.382 e. The van der Waals surface area contributed by atoms with Crippen LogP contribution in [-0.2, 0) is 0 Å². The van der Waals surface area contributed by atoms with Gasteiger partial charge in [-0.05, 0) is 27.7 Å². The monoisotopic (exact) mass is 270 g/mol. The summed E-state index contributed by atoms with van der Waals surface area (Å²) in [5.41, 5.74) is 5.86. The molecule has 6 heteroatoms. The van der Waals surface area contributed by atoms with Crippen molar-refractivity contribution in [2.45, 2.75) is 27.7 Å². The van der Waals surface area contributed by atoms with Crippen molar-refractivity contribution in [3.05, 3.63) is 4.88 Å². The first-order valence-electron chi connectivity index (χ1n) is 6.39. The van der Waals surface area contributed by atoms with Crippen LogP contribution in [-0.4, -0.2) is 42.0 Å². The number of rotatable bonds is 6. The lowest BCUT2D eigenvalue weighted by Gasteiger charge is -2.18. The minimum absolute atomic E-state index is 0.0200. The van der Waals surface area contributed by atoms with E-state index in [9.17, 15) is 4.79 Å². The van der Waals surface area contributed by atoms with E-state index < -0.39 is 0 Å². The third kappa shape index (κ3) is 2.93. The number of nitrogens with two attached hydrogens (primary N) is 1. The fourth-order valence-corrected chi connectivity index (χ4v) is 2.84. The lowest BCUT2D eigenvalue weighted by Crippen LogP contribution is -2.30. The van der Waals surface area contributed by atoms with Crippen molar-refractivity contribution in [2.75, 3.05) is 36.8 Å². The van der Waals surface area contributed by atoms with E-state index in [0.29, 0.717) is 23.8 Å². The van der Waals surface area contributed by atoms with E-state index in [1.54, 1.807) is 4.90 Å². The predicted molar refractivity (Wildman–Crippen MR) is 77.3 cm³/mol. The highest BCUT2D eigenvalue weighted by Crippen LogP contribution is 2.29. The molecule has 0 saturated carbocycles. The van der Waals surface area contributed by atoms with Crippen LogP contribution in [0.5, 0.6) is 0 Å². The summed E-state index contributed by atoms with van der Waals surface area (Å²) in [4.78, 5) is 21.0. The highest BCUT2D eigenvalue weighted by atomic mass is 32.1. The molecule has 18 heavy (non-hydrogen) atoms. The van der Waals surface area contributed by atoms with Gasteiger partial charge in [0, 0.05) is 26.2 Å². The summed E-state index contributed by atoms with van der Waals surface area (Å²) in [6, 6.07) is 0. The molecule has 0 spiro atoms. The predicted octanol–water partition coefficient (Wildman–Crippen LogP) is 2.05. The van der Waals surface area contributed by atoms with Crippen LogP contribution in [0, 0.1) is 0 Å². The molecule has 0 bridgehead atoms. The van der Waals surface area contributed by atoms with Crippen LogP contribution in [0.1, 0.15) is 37.4 Å². The Morgan fingerprint density at radius 2 is 1.72 bits per heavy atom. The first kappa shape index (κ1) is 14.8. The molecule has 0 aromatic carbocycles. The van der Waals surface area contributed by atoms with Gasteiger partial charge in [-0.15, -0.1) is 0 Å². The summed E-state index contributed by atoms with van der Waals surface area (Å²) in [6.07, 6.45) is 0. The van der Waals surface area contributed by atoms with E-state index in [-0.39, 0.29) is 5.91 Å². The van der Waals surface area contributed by atoms with Crippen molar-refractivity contribution in [1.29, 1.82) is 0 Å². The van der Waals surface area contributed by atoms with E-state index in [0.717, 1.165) is 18.2 Å². The number of anilines is 2. The number of nitrogens with zero attached hydrogens (tertiary/aromatic N) is 3. The van der Waals surface area contributed by atoms with Gasteiger partial charge in [-0.25, -0.2) is 4.98 Å². The molecule has 0 saturated heterocycles. The second-order valence-corrected chi connectivity index (χ2v) is 4.84. The lowest BCUT2D eigenvalue weighted by molar-refractivity contribution is 0.0778. The quantitative estimate of drug-likeness (QED) is 0.859. The molecule has 1 aromatic heterocycles. The molecule has 0 fully saturated rings. The standard InChI is InChI=1S/C12H22N4OS/c1-5-15(6-2)11(17)9-10(13)14-12(18-9)16(7-3)8-4/h5-8,13H2,1-4H3. The van der Waals surface area contributed by atoms with Gasteiger partial charge >= 0.3 is 0 Å². The van der Waals surface area contributed by atoms with Gasteiger partial charge in [-0.2, -0.15) is 0 Å². The normalized spacial score (nSPS) is 10.4. The average molecular weight is 270 g/mol. The first-order valence-corrected chi connectivity index (χ1v) is 7.21. The van der Waals surface area contributed by atoms with Crippen molar-refractivity contribution < 1.29 is 4.79 Å². The average Bonchev–Trinajstić information content (AvgIpc) is 2.74.